The van der Waals surface area contributed by atoms with Crippen molar-refractivity contribution in [3.05, 3.63) is 11.7 Å². The summed E-state index contributed by atoms with van der Waals surface area (Å²) in [6.07, 6.45) is 6.24. The van der Waals surface area contributed by atoms with E-state index in [1.807, 2.05) is 6.92 Å². The average Bonchev–Trinajstić information content (AvgIpc) is 3.08. The minimum absolute atomic E-state index is 0.690. The molecule has 5 heteroatoms. The number of nitrogens with one attached hydrogen (secondary N) is 1. The van der Waals surface area contributed by atoms with E-state index in [4.69, 9.17) is 4.52 Å². The Kier molecular flexibility index (Phi) is 3.61. The van der Waals surface area contributed by atoms with E-state index >= 15 is 0 Å². The van der Waals surface area contributed by atoms with Crippen molar-refractivity contribution >= 4 is 0 Å². The van der Waals surface area contributed by atoms with E-state index < -0.39 is 0 Å². The number of piperidine rings is 1. The summed E-state index contributed by atoms with van der Waals surface area (Å²) in [5.74, 6) is 1.50. The zero-order valence-electron chi connectivity index (χ0n) is 11.1. The fourth-order valence-electron chi connectivity index (χ4n) is 2.67. The maximum Gasteiger partial charge on any atom is 0.227 e. The van der Waals surface area contributed by atoms with Crippen LogP contribution in [0.1, 0.15) is 37.4 Å². The van der Waals surface area contributed by atoms with E-state index in [2.05, 4.69) is 20.4 Å². The molecule has 2 aliphatic rings. The quantitative estimate of drug-likeness (QED) is 0.849. The van der Waals surface area contributed by atoms with Crippen LogP contribution in [0.25, 0.3) is 0 Å². The van der Waals surface area contributed by atoms with E-state index in [-0.39, 0.29) is 0 Å². The number of rotatable bonds is 5. The first kappa shape index (κ1) is 12.1. The van der Waals surface area contributed by atoms with E-state index in [0.29, 0.717) is 6.04 Å². The normalized spacial score (nSPS) is 25.5. The lowest BCUT2D eigenvalue weighted by molar-refractivity contribution is 0.186. The van der Waals surface area contributed by atoms with Gasteiger partial charge in [0.05, 0.1) is 0 Å². The Balaban J connectivity index is 1.43. The first-order valence-corrected chi connectivity index (χ1v) is 7.07. The van der Waals surface area contributed by atoms with Crippen molar-refractivity contribution < 1.29 is 4.52 Å². The molecule has 0 radical (unpaired) electrons. The van der Waals surface area contributed by atoms with Crippen LogP contribution in [0.4, 0.5) is 0 Å². The van der Waals surface area contributed by atoms with Gasteiger partial charge in [0.15, 0.2) is 5.82 Å². The monoisotopic (exact) mass is 250 g/mol. The van der Waals surface area contributed by atoms with Crippen LogP contribution in [0, 0.1) is 6.92 Å². The van der Waals surface area contributed by atoms with E-state index in [0.717, 1.165) is 30.7 Å². The molecule has 1 aliphatic heterocycles. The fraction of sp³-hybridized carbons (Fsp3) is 0.846. The van der Waals surface area contributed by atoms with Crippen LogP contribution in [0.2, 0.25) is 0 Å². The second-order valence-electron chi connectivity index (χ2n) is 5.57. The molecule has 18 heavy (non-hydrogen) atoms. The summed E-state index contributed by atoms with van der Waals surface area (Å²) in [6, 6.07) is 1.50. The summed E-state index contributed by atoms with van der Waals surface area (Å²) in [4.78, 5) is 6.77. The Morgan fingerprint density at radius 2 is 2.22 bits per heavy atom. The van der Waals surface area contributed by atoms with Gasteiger partial charge in [0.2, 0.25) is 5.89 Å². The second-order valence-corrected chi connectivity index (χ2v) is 5.57. The summed E-state index contributed by atoms with van der Waals surface area (Å²) in [7, 11) is 0. The molecule has 100 valence electrons. The lowest BCUT2D eigenvalue weighted by Crippen LogP contribution is -2.46. The molecule has 2 fully saturated rings. The molecule has 1 aliphatic carbocycles. The van der Waals surface area contributed by atoms with Gasteiger partial charge in [0, 0.05) is 31.6 Å². The summed E-state index contributed by atoms with van der Waals surface area (Å²) >= 11 is 0. The summed E-state index contributed by atoms with van der Waals surface area (Å²) in [5, 5.41) is 7.56. The average molecular weight is 250 g/mol. The van der Waals surface area contributed by atoms with Crippen LogP contribution in [0.5, 0.6) is 0 Å². The Hall–Kier alpha value is -0.940. The highest BCUT2D eigenvalue weighted by Gasteiger charge is 2.27. The van der Waals surface area contributed by atoms with Crippen molar-refractivity contribution in [3.63, 3.8) is 0 Å². The zero-order valence-corrected chi connectivity index (χ0v) is 11.1. The van der Waals surface area contributed by atoms with Gasteiger partial charge in [-0.05, 0) is 39.2 Å². The molecule has 0 amide bonds. The lowest BCUT2D eigenvalue weighted by atomic mass is 10.1. The molecule has 1 aromatic heterocycles. The topological polar surface area (TPSA) is 54.2 Å². The Labute approximate surface area is 108 Å². The predicted molar refractivity (Wildman–Crippen MR) is 68.4 cm³/mol. The van der Waals surface area contributed by atoms with Crippen LogP contribution < -0.4 is 5.32 Å². The van der Waals surface area contributed by atoms with Crippen molar-refractivity contribution in [1.82, 2.24) is 20.4 Å². The molecular weight excluding hydrogens is 228 g/mol. The van der Waals surface area contributed by atoms with Gasteiger partial charge in [0.1, 0.15) is 0 Å². The van der Waals surface area contributed by atoms with Gasteiger partial charge >= 0.3 is 0 Å². The van der Waals surface area contributed by atoms with Gasteiger partial charge in [-0.1, -0.05) is 5.16 Å². The highest BCUT2D eigenvalue weighted by Crippen LogP contribution is 2.22. The van der Waals surface area contributed by atoms with Crippen LogP contribution in [0.15, 0.2) is 4.52 Å². The summed E-state index contributed by atoms with van der Waals surface area (Å²) in [6.45, 7) is 5.27. The SMILES string of the molecule is Cc1noc(CCN2CCCC(NC3CC3)C2)n1. The van der Waals surface area contributed by atoms with Crippen molar-refractivity contribution in [2.45, 2.75) is 51.1 Å². The fourth-order valence-corrected chi connectivity index (χ4v) is 2.67. The van der Waals surface area contributed by atoms with E-state index in [1.165, 1.54) is 38.8 Å². The van der Waals surface area contributed by atoms with Crippen LogP contribution >= 0.6 is 0 Å². The molecule has 3 rings (SSSR count). The standard InChI is InChI=1S/C13H22N4O/c1-10-14-13(18-16-10)6-8-17-7-2-3-12(9-17)15-11-4-5-11/h11-12,15H,2-9H2,1H3. The smallest absolute Gasteiger partial charge is 0.227 e. The van der Waals surface area contributed by atoms with Gasteiger partial charge in [-0.25, -0.2) is 0 Å². The van der Waals surface area contributed by atoms with Gasteiger partial charge in [-0.15, -0.1) is 0 Å². The molecule has 1 saturated carbocycles. The minimum atomic E-state index is 0.690. The Morgan fingerprint density at radius 1 is 1.33 bits per heavy atom. The van der Waals surface area contributed by atoms with Crippen molar-refractivity contribution in [3.8, 4) is 0 Å². The maximum absolute atomic E-state index is 5.15. The number of hydrogen-bond donors (Lipinski definition) is 1. The van der Waals surface area contributed by atoms with E-state index in [9.17, 15) is 0 Å². The largest absolute Gasteiger partial charge is 0.339 e. The van der Waals surface area contributed by atoms with Gasteiger partial charge in [0.25, 0.3) is 0 Å². The zero-order chi connectivity index (χ0) is 12.4. The number of aromatic nitrogens is 2. The molecule has 1 unspecified atom stereocenters. The van der Waals surface area contributed by atoms with E-state index in [1.54, 1.807) is 0 Å². The minimum Gasteiger partial charge on any atom is -0.339 e. The molecule has 5 nitrogen and oxygen atoms in total. The van der Waals surface area contributed by atoms with Crippen LogP contribution in [-0.4, -0.2) is 46.8 Å². The third-order valence-corrected chi connectivity index (χ3v) is 3.77. The van der Waals surface area contributed by atoms with Gasteiger partial charge < -0.3 is 14.7 Å². The van der Waals surface area contributed by atoms with Gasteiger partial charge in [-0.2, -0.15) is 4.98 Å². The van der Waals surface area contributed by atoms with Crippen LogP contribution in [0.3, 0.4) is 0 Å². The molecule has 1 aromatic rings. The van der Waals surface area contributed by atoms with Crippen LogP contribution in [-0.2, 0) is 6.42 Å². The molecule has 0 aromatic carbocycles. The molecule has 0 spiro atoms. The maximum atomic E-state index is 5.15. The van der Waals surface area contributed by atoms with Gasteiger partial charge in [-0.3, -0.25) is 0 Å². The summed E-state index contributed by atoms with van der Waals surface area (Å²) < 4.78 is 5.15. The first-order chi connectivity index (χ1) is 8.79. The first-order valence-electron chi connectivity index (χ1n) is 7.07. The number of hydrogen-bond acceptors (Lipinski definition) is 5. The second kappa shape index (κ2) is 5.36. The predicted octanol–water partition coefficient (Wildman–Crippen LogP) is 1.14. The van der Waals surface area contributed by atoms with Crippen molar-refractivity contribution in [1.29, 1.82) is 0 Å². The highest BCUT2D eigenvalue weighted by molar-refractivity contribution is 4.89. The number of aryl methyl sites for hydroxylation is 1. The molecule has 1 N–H and O–H groups in total. The molecule has 2 heterocycles. The number of likely N-dealkylation sites (tertiary alicyclic amines) is 1. The lowest BCUT2D eigenvalue weighted by Gasteiger charge is -2.33. The Morgan fingerprint density at radius 3 is 2.94 bits per heavy atom. The third kappa shape index (κ3) is 3.29. The molecule has 1 atom stereocenters. The van der Waals surface area contributed by atoms with Crippen molar-refractivity contribution in [2.24, 2.45) is 0 Å². The molecule has 0 bridgehead atoms. The van der Waals surface area contributed by atoms with Crippen molar-refractivity contribution in [2.75, 3.05) is 19.6 Å². The third-order valence-electron chi connectivity index (χ3n) is 3.77. The molecular formula is C13H22N4O. The summed E-state index contributed by atoms with van der Waals surface area (Å²) in [5.41, 5.74) is 0. The highest BCUT2D eigenvalue weighted by atomic mass is 16.5. The molecule has 1 saturated heterocycles. The Bertz CT molecular complexity index is 388. The number of nitrogens with zero attached hydrogens (tertiary/aromatic N) is 3.